The Hall–Kier alpha value is -1.79. The van der Waals surface area contributed by atoms with E-state index in [9.17, 15) is 4.39 Å². The van der Waals surface area contributed by atoms with Crippen LogP contribution in [-0.4, -0.2) is 52.7 Å². The van der Waals surface area contributed by atoms with Crippen LogP contribution in [0, 0.1) is 18.7 Å². The molecule has 1 aromatic heterocycles. The third-order valence-electron chi connectivity index (χ3n) is 4.74. The van der Waals surface area contributed by atoms with Gasteiger partial charge in [-0.2, -0.15) is 4.98 Å². The van der Waals surface area contributed by atoms with Gasteiger partial charge in [-0.05, 0) is 37.4 Å². The average molecular weight is 346 g/mol. The molecular weight excluding hydrogens is 319 g/mol. The Morgan fingerprint density at radius 1 is 1.16 bits per heavy atom. The molecule has 2 heterocycles. The highest BCUT2D eigenvalue weighted by Gasteiger charge is 2.19. The molecule has 25 heavy (non-hydrogen) atoms. The molecule has 0 spiro atoms. The molecule has 3 rings (SSSR count). The maximum Gasteiger partial charge on any atom is 0.241 e. The molecule has 1 fully saturated rings. The third kappa shape index (κ3) is 4.86. The van der Waals surface area contributed by atoms with Gasteiger partial charge in [-0.15, -0.1) is 0 Å². The van der Waals surface area contributed by atoms with Gasteiger partial charge in [0, 0.05) is 31.7 Å². The number of aromatic nitrogens is 2. The Balaban J connectivity index is 1.53. The van der Waals surface area contributed by atoms with E-state index < -0.39 is 0 Å². The van der Waals surface area contributed by atoms with E-state index >= 15 is 0 Å². The number of benzene rings is 1. The van der Waals surface area contributed by atoms with E-state index in [1.54, 1.807) is 13.0 Å². The minimum Gasteiger partial charge on any atom is -0.338 e. The van der Waals surface area contributed by atoms with Gasteiger partial charge in [0.25, 0.3) is 0 Å². The van der Waals surface area contributed by atoms with Crippen LogP contribution in [-0.2, 0) is 6.54 Å². The summed E-state index contributed by atoms with van der Waals surface area (Å²) >= 11 is 0. The first-order valence-electron chi connectivity index (χ1n) is 9.05. The molecule has 1 aliphatic heterocycles. The molecule has 5 nitrogen and oxygen atoms in total. The zero-order chi connectivity index (χ0) is 17.8. The third-order valence-corrected chi connectivity index (χ3v) is 4.74. The second-order valence-corrected chi connectivity index (χ2v) is 7.28. The van der Waals surface area contributed by atoms with Crippen LogP contribution in [0.2, 0.25) is 0 Å². The van der Waals surface area contributed by atoms with Crippen LogP contribution in [0.5, 0.6) is 0 Å². The molecule has 0 N–H and O–H groups in total. The predicted octanol–water partition coefficient (Wildman–Crippen LogP) is 3.35. The Labute approximate surface area is 148 Å². The summed E-state index contributed by atoms with van der Waals surface area (Å²) in [4.78, 5) is 9.28. The van der Waals surface area contributed by atoms with Gasteiger partial charge >= 0.3 is 0 Å². The smallest absolute Gasteiger partial charge is 0.241 e. The van der Waals surface area contributed by atoms with E-state index in [1.165, 1.54) is 19.0 Å². The van der Waals surface area contributed by atoms with Crippen LogP contribution in [0.3, 0.4) is 0 Å². The van der Waals surface area contributed by atoms with Crippen molar-refractivity contribution in [1.82, 2.24) is 19.9 Å². The summed E-state index contributed by atoms with van der Waals surface area (Å²) in [7, 11) is 0. The van der Waals surface area contributed by atoms with Crippen LogP contribution in [0.15, 0.2) is 22.7 Å². The number of aryl methyl sites for hydroxylation is 1. The molecule has 1 saturated heterocycles. The van der Waals surface area contributed by atoms with Crippen LogP contribution >= 0.6 is 0 Å². The van der Waals surface area contributed by atoms with Gasteiger partial charge in [0.1, 0.15) is 5.82 Å². The number of hydrogen-bond donors (Lipinski definition) is 0. The topological polar surface area (TPSA) is 45.4 Å². The summed E-state index contributed by atoms with van der Waals surface area (Å²) in [6.07, 6.45) is 1.25. The second-order valence-electron chi connectivity index (χ2n) is 7.28. The summed E-state index contributed by atoms with van der Waals surface area (Å²) < 4.78 is 19.1. The molecule has 1 aromatic carbocycles. The van der Waals surface area contributed by atoms with Crippen molar-refractivity contribution in [2.45, 2.75) is 33.7 Å². The molecule has 6 heteroatoms. The highest BCUT2D eigenvalue weighted by molar-refractivity contribution is 5.54. The van der Waals surface area contributed by atoms with Crippen molar-refractivity contribution in [2.75, 3.05) is 32.7 Å². The number of hydrogen-bond acceptors (Lipinski definition) is 5. The monoisotopic (exact) mass is 346 g/mol. The van der Waals surface area contributed by atoms with Gasteiger partial charge < -0.3 is 9.42 Å². The molecule has 0 aliphatic carbocycles. The zero-order valence-corrected chi connectivity index (χ0v) is 15.3. The average Bonchev–Trinajstić information content (AvgIpc) is 3.05. The van der Waals surface area contributed by atoms with Gasteiger partial charge in [0.2, 0.25) is 11.7 Å². The maximum atomic E-state index is 13.7. The highest BCUT2D eigenvalue weighted by atomic mass is 19.1. The molecule has 2 aromatic rings. The number of halogens is 1. The summed E-state index contributed by atoms with van der Waals surface area (Å²) in [5.41, 5.74) is 1.26. The van der Waals surface area contributed by atoms with Gasteiger partial charge in [-0.25, -0.2) is 4.39 Å². The van der Waals surface area contributed by atoms with Crippen molar-refractivity contribution in [3.8, 4) is 11.4 Å². The molecule has 0 bridgehead atoms. The molecule has 0 saturated carbocycles. The van der Waals surface area contributed by atoms with Crippen molar-refractivity contribution >= 4 is 0 Å². The lowest BCUT2D eigenvalue weighted by Crippen LogP contribution is -2.46. The largest absolute Gasteiger partial charge is 0.338 e. The van der Waals surface area contributed by atoms with Crippen LogP contribution in [0.25, 0.3) is 11.4 Å². The SMILES string of the molecule is Cc1ccc(-c2noc(CN3CCN(CCC(C)C)CC3)n2)cc1F. The summed E-state index contributed by atoms with van der Waals surface area (Å²) in [5.74, 6) is 1.54. The van der Waals surface area contributed by atoms with E-state index in [0.29, 0.717) is 29.4 Å². The molecule has 0 radical (unpaired) electrons. The maximum absolute atomic E-state index is 13.7. The van der Waals surface area contributed by atoms with E-state index in [1.807, 2.05) is 6.07 Å². The minimum absolute atomic E-state index is 0.249. The Kier molecular flexibility index (Phi) is 5.81. The van der Waals surface area contributed by atoms with Crippen molar-refractivity contribution in [3.63, 3.8) is 0 Å². The number of piperazine rings is 1. The molecule has 0 atom stereocenters. The zero-order valence-electron chi connectivity index (χ0n) is 15.3. The molecule has 0 unspecified atom stereocenters. The van der Waals surface area contributed by atoms with Crippen LogP contribution < -0.4 is 0 Å². The van der Waals surface area contributed by atoms with Gasteiger partial charge in [0.15, 0.2) is 0 Å². The molecule has 0 amide bonds. The number of rotatable bonds is 6. The summed E-state index contributed by atoms with van der Waals surface area (Å²) in [5, 5.41) is 4.00. The fourth-order valence-corrected chi connectivity index (χ4v) is 2.97. The Morgan fingerprint density at radius 2 is 1.88 bits per heavy atom. The Morgan fingerprint density at radius 3 is 2.56 bits per heavy atom. The van der Waals surface area contributed by atoms with Crippen LogP contribution in [0.1, 0.15) is 31.7 Å². The summed E-state index contributed by atoms with van der Waals surface area (Å²) in [6.45, 7) is 12.3. The fourth-order valence-electron chi connectivity index (χ4n) is 2.97. The normalized spacial score (nSPS) is 16.7. The molecule has 136 valence electrons. The first-order valence-corrected chi connectivity index (χ1v) is 9.05. The first-order chi connectivity index (χ1) is 12.0. The summed E-state index contributed by atoms with van der Waals surface area (Å²) in [6, 6.07) is 5.01. The lowest BCUT2D eigenvalue weighted by molar-refractivity contribution is 0.113. The van der Waals surface area contributed by atoms with E-state index in [-0.39, 0.29) is 5.82 Å². The first kappa shape index (κ1) is 18.0. The minimum atomic E-state index is -0.249. The van der Waals surface area contributed by atoms with E-state index in [4.69, 9.17) is 4.52 Å². The number of nitrogens with zero attached hydrogens (tertiary/aromatic N) is 4. The fraction of sp³-hybridized carbons (Fsp3) is 0.579. The predicted molar refractivity (Wildman–Crippen MR) is 95.6 cm³/mol. The van der Waals surface area contributed by atoms with E-state index in [0.717, 1.165) is 32.1 Å². The van der Waals surface area contributed by atoms with Crippen molar-refractivity contribution in [2.24, 2.45) is 5.92 Å². The molecule has 1 aliphatic rings. The van der Waals surface area contributed by atoms with Gasteiger partial charge in [0.05, 0.1) is 6.54 Å². The lowest BCUT2D eigenvalue weighted by Gasteiger charge is -2.34. The van der Waals surface area contributed by atoms with E-state index in [2.05, 4.69) is 33.8 Å². The quantitative estimate of drug-likeness (QED) is 0.803. The second kappa shape index (κ2) is 8.06. The van der Waals surface area contributed by atoms with Gasteiger partial charge in [-0.1, -0.05) is 31.1 Å². The van der Waals surface area contributed by atoms with Crippen molar-refractivity contribution < 1.29 is 8.91 Å². The van der Waals surface area contributed by atoms with Gasteiger partial charge in [-0.3, -0.25) is 4.90 Å². The standard InChI is InChI=1S/C19H27FN4O/c1-14(2)6-7-23-8-10-24(11-9-23)13-18-21-19(22-25-18)16-5-4-15(3)17(20)12-16/h4-5,12,14H,6-11,13H2,1-3H3. The molecular formula is C19H27FN4O. The highest BCUT2D eigenvalue weighted by Crippen LogP contribution is 2.19. The van der Waals surface area contributed by atoms with Crippen molar-refractivity contribution in [3.05, 3.63) is 35.5 Å². The van der Waals surface area contributed by atoms with Crippen molar-refractivity contribution in [1.29, 1.82) is 0 Å². The van der Waals surface area contributed by atoms with Crippen LogP contribution in [0.4, 0.5) is 4.39 Å². The Bertz CT molecular complexity index is 692. The lowest BCUT2D eigenvalue weighted by atomic mass is 10.1.